The number of aromatic amines is 1. The SMILES string of the molecule is Cc1[nH]ncc1-c1ccc(F)c(C(=O)O)c1. The third-order valence-corrected chi connectivity index (χ3v) is 2.34. The lowest BCUT2D eigenvalue weighted by Gasteiger charge is -2.02. The van der Waals surface area contributed by atoms with Crippen molar-refractivity contribution in [2.24, 2.45) is 0 Å². The van der Waals surface area contributed by atoms with Crippen molar-refractivity contribution in [1.82, 2.24) is 10.2 Å². The van der Waals surface area contributed by atoms with Crippen LogP contribution in [0.3, 0.4) is 0 Å². The summed E-state index contributed by atoms with van der Waals surface area (Å²) in [5, 5.41) is 15.4. The average molecular weight is 220 g/mol. The van der Waals surface area contributed by atoms with E-state index in [-0.39, 0.29) is 5.56 Å². The van der Waals surface area contributed by atoms with Crippen LogP contribution in [0.5, 0.6) is 0 Å². The number of hydrogen-bond acceptors (Lipinski definition) is 2. The molecule has 5 heteroatoms. The molecule has 0 bridgehead atoms. The lowest BCUT2D eigenvalue weighted by molar-refractivity contribution is 0.0692. The maximum Gasteiger partial charge on any atom is 0.338 e. The van der Waals surface area contributed by atoms with Crippen LogP contribution in [-0.4, -0.2) is 21.3 Å². The summed E-state index contributed by atoms with van der Waals surface area (Å²) in [7, 11) is 0. The molecule has 0 radical (unpaired) electrons. The third kappa shape index (κ3) is 1.67. The number of aromatic nitrogens is 2. The predicted octanol–water partition coefficient (Wildman–Crippen LogP) is 2.22. The monoisotopic (exact) mass is 220 g/mol. The molecule has 2 rings (SSSR count). The molecule has 0 amide bonds. The first-order chi connectivity index (χ1) is 7.59. The van der Waals surface area contributed by atoms with Crippen molar-refractivity contribution in [3.05, 3.63) is 41.5 Å². The van der Waals surface area contributed by atoms with E-state index in [1.165, 1.54) is 12.1 Å². The van der Waals surface area contributed by atoms with E-state index in [1.807, 2.05) is 6.92 Å². The fourth-order valence-corrected chi connectivity index (χ4v) is 1.50. The summed E-state index contributed by atoms with van der Waals surface area (Å²) in [6.45, 7) is 1.81. The predicted molar refractivity (Wildman–Crippen MR) is 55.7 cm³/mol. The number of hydrogen-bond donors (Lipinski definition) is 2. The van der Waals surface area contributed by atoms with Gasteiger partial charge in [0.1, 0.15) is 5.82 Å². The number of aromatic carboxylic acids is 1. The summed E-state index contributed by atoms with van der Waals surface area (Å²) in [6.07, 6.45) is 1.58. The van der Waals surface area contributed by atoms with Gasteiger partial charge in [0.15, 0.2) is 0 Å². The first kappa shape index (κ1) is 10.4. The molecule has 0 saturated heterocycles. The minimum absolute atomic E-state index is 0.335. The highest BCUT2D eigenvalue weighted by Gasteiger charge is 2.12. The van der Waals surface area contributed by atoms with Gasteiger partial charge in [0, 0.05) is 11.3 Å². The minimum atomic E-state index is -1.28. The van der Waals surface area contributed by atoms with Crippen LogP contribution in [0.2, 0.25) is 0 Å². The lowest BCUT2D eigenvalue weighted by atomic mass is 10.0. The van der Waals surface area contributed by atoms with Crippen molar-refractivity contribution < 1.29 is 14.3 Å². The van der Waals surface area contributed by atoms with E-state index < -0.39 is 11.8 Å². The van der Waals surface area contributed by atoms with Crippen LogP contribution in [0.1, 0.15) is 16.1 Å². The Morgan fingerprint density at radius 3 is 2.81 bits per heavy atom. The van der Waals surface area contributed by atoms with E-state index in [1.54, 1.807) is 6.20 Å². The maximum atomic E-state index is 13.2. The molecule has 2 aromatic rings. The molecule has 82 valence electrons. The Hall–Kier alpha value is -2.17. The largest absolute Gasteiger partial charge is 0.478 e. The molecule has 0 spiro atoms. The van der Waals surface area contributed by atoms with E-state index in [0.29, 0.717) is 5.56 Å². The number of carbonyl (C=O) groups is 1. The van der Waals surface area contributed by atoms with E-state index in [0.717, 1.165) is 17.3 Å². The summed E-state index contributed by atoms with van der Waals surface area (Å²) < 4.78 is 13.2. The quantitative estimate of drug-likeness (QED) is 0.815. The first-order valence-corrected chi connectivity index (χ1v) is 4.63. The Morgan fingerprint density at radius 1 is 1.50 bits per heavy atom. The van der Waals surface area contributed by atoms with Crippen LogP contribution in [0.25, 0.3) is 11.1 Å². The van der Waals surface area contributed by atoms with E-state index in [2.05, 4.69) is 10.2 Å². The zero-order chi connectivity index (χ0) is 11.7. The number of nitrogens with zero attached hydrogens (tertiary/aromatic N) is 1. The van der Waals surface area contributed by atoms with Crippen LogP contribution in [0, 0.1) is 12.7 Å². The number of halogens is 1. The van der Waals surface area contributed by atoms with Crippen LogP contribution >= 0.6 is 0 Å². The zero-order valence-electron chi connectivity index (χ0n) is 8.49. The molecule has 2 N–H and O–H groups in total. The summed E-state index contributed by atoms with van der Waals surface area (Å²) in [5.74, 6) is -2.02. The number of H-pyrrole nitrogens is 1. The Labute approximate surface area is 90.7 Å². The summed E-state index contributed by atoms with van der Waals surface area (Å²) >= 11 is 0. The minimum Gasteiger partial charge on any atom is -0.478 e. The Kier molecular flexibility index (Phi) is 2.44. The molecule has 0 aliphatic rings. The number of carboxylic acids is 1. The highest BCUT2D eigenvalue weighted by Crippen LogP contribution is 2.23. The standard InChI is InChI=1S/C11H9FN2O2/c1-6-9(5-13-14-6)7-2-3-10(12)8(4-7)11(15)16/h2-5H,1H3,(H,13,14)(H,15,16). The van der Waals surface area contributed by atoms with Gasteiger partial charge in [-0.05, 0) is 24.6 Å². The molecule has 0 aliphatic heterocycles. The van der Waals surface area contributed by atoms with Gasteiger partial charge < -0.3 is 5.11 Å². The molecule has 0 fully saturated rings. The Bertz CT molecular complexity index is 549. The maximum absolute atomic E-state index is 13.2. The summed E-state index contributed by atoms with van der Waals surface area (Å²) in [5.41, 5.74) is 1.87. The number of nitrogens with one attached hydrogen (secondary N) is 1. The fourth-order valence-electron chi connectivity index (χ4n) is 1.50. The van der Waals surface area contributed by atoms with Crippen molar-refractivity contribution in [3.63, 3.8) is 0 Å². The van der Waals surface area contributed by atoms with E-state index in [9.17, 15) is 9.18 Å². The van der Waals surface area contributed by atoms with Gasteiger partial charge in [-0.3, -0.25) is 5.10 Å². The first-order valence-electron chi connectivity index (χ1n) is 4.63. The molecule has 0 unspecified atom stereocenters. The van der Waals surface area contributed by atoms with Gasteiger partial charge in [-0.15, -0.1) is 0 Å². The van der Waals surface area contributed by atoms with Crippen molar-refractivity contribution in [1.29, 1.82) is 0 Å². The summed E-state index contributed by atoms with van der Waals surface area (Å²) in [4.78, 5) is 10.8. The lowest BCUT2D eigenvalue weighted by Crippen LogP contribution is -2.00. The van der Waals surface area contributed by atoms with Gasteiger partial charge >= 0.3 is 5.97 Å². The fraction of sp³-hybridized carbons (Fsp3) is 0.0909. The molecule has 4 nitrogen and oxygen atoms in total. The smallest absolute Gasteiger partial charge is 0.338 e. The summed E-state index contributed by atoms with van der Waals surface area (Å²) in [6, 6.07) is 3.97. The van der Waals surface area contributed by atoms with Crippen molar-refractivity contribution in [2.75, 3.05) is 0 Å². The zero-order valence-corrected chi connectivity index (χ0v) is 8.49. The number of aryl methyl sites for hydroxylation is 1. The average Bonchev–Trinajstić information content (AvgIpc) is 2.65. The molecule has 0 saturated carbocycles. The molecule has 0 aliphatic carbocycles. The van der Waals surface area contributed by atoms with Gasteiger partial charge in [0.2, 0.25) is 0 Å². The van der Waals surface area contributed by atoms with Gasteiger partial charge in [-0.2, -0.15) is 5.10 Å². The molecule has 16 heavy (non-hydrogen) atoms. The van der Waals surface area contributed by atoms with Crippen LogP contribution in [0.15, 0.2) is 24.4 Å². The molecule has 1 aromatic carbocycles. The van der Waals surface area contributed by atoms with Crippen molar-refractivity contribution in [2.45, 2.75) is 6.92 Å². The number of carboxylic acid groups (broad SMARTS) is 1. The highest BCUT2D eigenvalue weighted by atomic mass is 19.1. The van der Waals surface area contributed by atoms with E-state index >= 15 is 0 Å². The van der Waals surface area contributed by atoms with Gasteiger partial charge in [0.05, 0.1) is 11.8 Å². The molecular formula is C11H9FN2O2. The van der Waals surface area contributed by atoms with Crippen LogP contribution in [-0.2, 0) is 0 Å². The van der Waals surface area contributed by atoms with Gasteiger partial charge in [-0.25, -0.2) is 9.18 Å². The van der Waals surface area contributed by atoms with Crippen molar-refractivity contribution >= 4 is 5.97 Å². The van der Waals surface area contributed by atoms with Crippen LogP contribution < -0.4 is 0 Å². The normalized spacial score (nSPS) is 10.4. The number of rotatable bonds is 2. The topological polar surface area (TPSA) is 66.0 Å². The van der Waals surface area contributed by atoms with Gasteiger partial charge in [0.25, 0.3) is 0 Å². The molecule has 0 atom stereocenters. The van der Waals surface area contributed by atoms with E-state index in [4.69, 9.17) is 5.11 Å². The second kappa shape index (κ2) is 3.77. The second-order valence-electron chi connectivity index (χ2n) is 3.41. The highest BCUT2D eigenvalue weighted by molar-refractivity contribution is 5.89. The van der Waals surface area contributed by atoms with Crippen molar-refractivity contribution in [3.8, 4) is 11.1 Å². The van der Waals surface area contributed by atoms with Crippen LogP contribution in [0.4, 0.5) is 4.39 Å². The molecular weight excluding hydrogens is 211 g/mol. The number of benzene rings is 1. The second-order valence-corrected chi connectivity index (χ2v) is 3.41. The molecule has 1 heterocycles. The molecule has 1 aromatic heterocycles. The third-order valence-electron chi connectivity index (χ3n) is 2.34. The van der Waals surface area contributed by atoms with Gasteiger partial charge in [-0.1, -0.05) is 6.07 Å². The Balaban J connectivity index is 2.56. The Morgan fingerprint density at radius 2 is 2.25 bits per heavy atom.